The largest absolute Gasteiger partial charge is 0.380 e. The fraction of sp³-hybridized carbons (Fsp3) is 0.667. The molecular weight excluding hydrogens is 296 g/mol. The number of hydrogen-bond acceptors (Lipinski definition) is 4. The lowest BCUT2D eigenvalue weighted by atomic mass is 10.1. The summed E-state index contributed by atoms with van der Waals surface area (Å²) in [6.07, 6.45) is 3.87. The van der Waals surface area contributed by atoms with Gasteiger partial charge in [-0.2, -0.15) is 5.10 Å². The van der Waals surface area contributed by atoms with Crippen molar-refractivity contribution in [2.75, 3.05) is 18.4 Å². The first-order valence-corrected chi connectivity index (χ1v) is 7.13. The van der Waals surface area contributed by atoms with E-state index < -0.39 is 0 Å². The Morgan fingerprint density at radius 2 is 2.17 bits per heavy atom. The summed E-state index contributed by atoms with van der Waals surface area (Å²) in [6.45, 7) is 5.93. The minimum absolute atomic E-state index is 0.0710. The summed E-state index contributed by atoms with van der Waals surface area (Å²) in [6, 6.07) is 0.486. The summed E-state index contributed by atoms with van der Waals surface area (Å²) < 4.78 is 2.06. The molecule has 1 aromatic rings. The molecule has 0 spiro atoms. The van der Waals surface area contributed by atoms with Crippen LogP contribution in [0.15, 0.2) is 15.5 Å². The van der Waals surface area contributed by atoms with Gasteiger partial charge in [-0.15, -0.1) is 0 Å². The molecule has 0 bridgehead atoms. The molecule has 1 aromatic heterocycles. The highest BCUT2D eigenvalue weighted by atomic mass is 79.9. The van der Waals surface area contributed by atoms with Gasteiger partial charge in [0, 0.05) is 6.04 Å². The molecule has 1 aliphatic heterocycles. The molecular formula is C12H19BrN4O. The number of aromatic nitrogens is 2. The molecule has 0 atom stereocenters. The summed E-state index contributed by atoms with van der Waals surface area (Å²) in [5, 5.41) is 10.9. The molecule has 2 rings (SSSR count). The molecule has 1 saturated heterocycles. The number of halogens is 1. The van der Waals surface area contributed by atoms with Crippen LogP contribution < -0.4 is 16.2 Å². The van der Waals surface area contributed by atoms with E-state index in [2.05, 4.69) is 31.7 Å². The Labute approximate surface area is 115 Å². The van der Waals surface area contributed by atoms with Crippen LogP contribution in [0, 0.1) is 0 Å². The maximum absolute atomic E-state index is 12.1. The lowest BCUT2D eigenvalue weighted by Gasteiger charge is -2.25. The number of rotatable bonds is 3. The zero-order chi connectivity index (χ0) is 13.1. The quantitative estimate of drug-likeness (QED) is 0.892. The van der Waals surface area contributed by atoms with Crippen molar-refractivity contribution in [2.24, 2.45) is 0 Å². The standard InChI is InChI=1S/C12H19BrN4O/c1-8(2)17-12(18)11(13)10(7-15-17)16-9-3-5-14-6-4-9/h7-9,14,16H,3-6H2,1-2H3. The zero-order valence-electron chi connectivity index (χ0n) is 10.7. The molecule has 0 unspecified atom stereocenters. The van der Waals surface area contributed by atoms with Crippen molar-refractivity contribution in [3.63, 3.8) is 0 Å². The van der Waals surface area contributed by atoms with Crippen LogP contribution in [0.3, 0.4) is 0 Å². The van der Waals surface area contributed by atoms with E-state index in [-0.39, 0.29) is 11.6 Å². The number of piperidine rings is 1. The van der Waals surface area contributed by atoms with Gasteiger partial charge in [0.1, 0.15) is 4.47 Å². The van der Waals surface area contributed by atoms with Crippen molar-refractivity contribution in [3.8, 4) is 0 Å². The highest BCUT2D eigenvalue weighted by Crippen LogP contribution is 2.20. The van der Waals surface area contributed by atoms with Gasteiger partial charge in [0.05, 0.1) is 17.9 Å². The molecule has 0 aliphatic carbocycles. The Morgan fingerprint density at radius 1 is 1.50 bits per heavy atom. The van der Waals surface area contributed by atoms with Crippen LogP contribution in [0.4, 0.5) is 5.69 Å². The smallest absolute Gasteiger partial charge is 0.283 e. The maximum Gasteiger partial charge on any atom is 0.283 e. The monoisotopic (exact) mass is 314 g/mol. The normalized spacial score (nSPS) is 17.1. The van der Waals surface area contributed by atoms with Crippen LogP contribution in [0.1, 0.15) is 32.7 Å². The Hall–Kier alpha value is -0.880. The van der Waals surface area contributed by atoms with Gasteiger partial charge in [0.15, 0.2) is 0 Å². The molecule has 0 saturated carbocycles. The van der Waals surface area contributed by atoms with E-state index in [4.69, 9.17) is 0 Å². The van der Waals surface area contributed by atoms with Gasteiger partial charge in [-0.1, -0.05) is 0 Å². The van der Waals surface area contributed by atoms with E-state index in [1.54, 1.807) is 6.20 Å². The molecule has 0 amide bonds. The van der Waals surface area contributed by atoms with E-state index in [0.29, 0.717) is 10.5 Å². The minimum Gasteiger partial charge on any atom is -0.380 e. The van der Waals surface area contributed by atoms with Crippen molar-refractivity contribution in [3.05, 3.63) is 21.0 Å². The van der Waals surface area contributed by atoms with Crippen LogP contribution in [0.2, 0.25) is 0 Å². The molecule has 0 radical (unpaired) electrons. The van der Waals surface area contributed by atoms with E-state index in [1.165, 1.54) is 4.68 Å². The van der Waals surface area contributed by atoms with Gasteiger partial charge in [0.2, 0.25) is 0 Å². The first-order chi connectivity index (χ1) is 8.59. The predicted octanol–water partition coefficient (Wildman–Crippen LogP) is 1.75. The van der Waals surface area contributed by atoms with E-state index in [9.17, 15) is 4.79 Å². The summed E-state index contributed by atoms with van der Waals surface area (Å²) in [5.74, 6) is 0. The summed E-state index contributed by atoms with van der Waals surface area (Å²) >= 11 is 3.37. The third kappa shape index (κ3) is 2.92. The van der Waals surface area contributed by atoms with Gasteiger partial charge < -0.3 is 10.6 Å². The third-order valence-electron chi connectivity index (χ3n) is 3.13. The second-order valence-corrected chi connectivity index (χ2v) is 5.68. The molecule has 2 heterocycles. The molecule has 1 aliphatic rings. The molecule has 18 heavy (non-hydrogen) atoms. The lowest BCUT2D eigenvalue weighted by Crippen LogP contribution is -2.36. The van der Waals surface area contributed by atoms with E-state index in [1.807, 2.05) is 13.8 Å². The fourth-order valence-corrected chi connectivity index (χ4v) is 2.50. The van der Waals surface area contributed by atoms with Crippen molar-refractivity contribution in [1.29, 1.82) is 0 Å². The van der Waals surface area contributed by atoms with Crippen LogP contribution in [0.25, 0.3) is 0 Å². The predicted molar refractivity (Wildman–Crippen MR) is 76.1 cm³/mol. The van der Waals surface area contributed by atoms with E-state index in [0.717, 1.165) is 31.6 Å². The van der Waals surface area contributed by atoms with Gasteiger partial charge in [-0.3, -0.25) is 4.79 Å². The van der Waals surface area contributed by atoms with Crippen molar-refractivity contribution in [1.82, 2.24) is 15.1 Å². The summed E-state index contributed by atoms with van der Waals surface area (Å²) in [7, 11) is 0. The average molecular weight is 315 g/mol. The number of nitrogens with zero attached hydrogens (tertiary/aromatic N) is 2. The Balaban J connectivity index is 2.19. The van der Waals surface area contributed by atoms with Crippen LogP contribution in [-0.4, -0.2) is 28.9 Å². The Kier molecular flexibility index (Phi) is 4.40. The highest BCUT2D eigenvalue weighted by Gasteiger charge is 2.16. The van der Waals surface area contributed by atoms with Crippen LogP contribution in [0.5, 0.6) is 0 Å². The second-order valence-electron chi connectivity index (χ2n) is 4.88. The van der Waals surface area contributed by atoms with Gasteiger partial charge in [-0.25, -0.2) is 4.68 Å². The Morgan fingerprint density at radius 3 is 2.78 bits per heavy atom. The average Bonchev–Trinajstić information content (AvgIpc) is 2.36. The van der Waals surface area contributed by atoms with Crippen molar-refractivity contribution >= 4 is 21.6 Å². The maximum atomic E-state index is 12.1. The van der Waals surface area contributed by atoms with Crippen LogP contribution in [-0.2, 0) is 0 Å². The molecule has 1 fully saturated rings. The fourth-order valence-electron chi connectivity index (χ4n) is 2.10. The summed E-state index contributed by atoms with van der Waals surface area (Å²) in [5.41, 5.74) is 0.715. The van der Waals surface area contributed by atoms with Gasteiger partial charge in [0.25, 0.3) is 5.56 Å². The van der Waals surface area contributed by atoms with Crippen molar-refractivity contribution < 1.29 is 0 Å². The first-order valence-electron chi connectivity index (χ1n) is 6.34. The van der Waals surface area contributed by atoms with Crippen LogP contribution >= 0.6 is 15.9 Å². The first kappa shape index (κ1) is 13.5. The van der Waals surface area contributed by atoms with Gasteiger partial charge >= 0.3 is 0 Å². The molecule has 100 valence electrons. The number of nitrogens with one attached hydrogen (secondary N) is 2. The zero-order valence-corrected chi connectivity index (χ0v) is 12.3. The molecule has 0 aromatic carbocycles. The SMILES string of the molecule is CC(C)n1ncc(NC2CCNCC2)c(Br)c1=O. The molecule has 2 N–H and O–H groups in total. The minimum atomic E-state index is -0.0797. The second kappa shape index (κ2) is 5.84. The van der Waals surface area contributed by atoms with Gasteiger partial charge in [-0.05, 0) is 55.7 Å². The number of anilines is 1. The number of hydrogen-bond donors (Lipinski definition) is 2. The third-order valence-corrected chi connectivity index (χ3v) is 3.90. The lowest BCUT2D eigenvalue weighted by molar-refractivity contribution is 0.476. The highest BCUT2D eigenvalue weighted by molar-refractivity contribution is 9.10. The van der Waals surface area contributed by atoms with E-state index >= 15 is 0 Å². The Bertz CT molecular complexity index is 466. The topological polar surface area (TPSA) is 59.0 Å². The molecule has 5 nitrogen and oxygen atoms in total. The van der Waals surface area contributed by atoms with Crippen molar-refractivity contribution in [2.45, 2.75) is 38.8 Å². The molecule has 6 heteroatoms. The summed E-state index contributed by atoms with van der Waals surface area (Å²) in [4.78, 5) is 12.1.